The molecular weight excluding hydrogens is 813 g/mol. The molecule has 298 valence electrons. The highest BCUT2D eigenvalue weighted by Gasteiger charge is 2.49. The third-order valence-corrected chi connectivity index (χ3v) is 15.1. The van der Waals surface area contributed by atoms with Crippen molar-refractivity contribution < 1.29 is 19.1 Å². The number of Topliss-reactive ketones (excluding diaryl/α,β-unsaturated/α-hetero) is 2. The van der Waals surface area contributed by atoms with Gasteiger partial charge < -0.3 is 9.47 Å². The second kappa shape index (κ2) is 14.2. The summed E-state index contributed by atoms with van der Waals surface area (Å²) in [6, 6.07) is 22.3. The van der Waals surface area contributed by atoms with Crippen LogP contribution in [0.5, 0.6) is 11.5 Å². The van der Waals surface area contributed by atoms with Crippen LogP contribution in [0.3, 0.4) is 0 Å². The van der Waals surface area contributed by atoms with Gasteiger partial charge in [0, 0.05) is 44.5 Å². The van der Waals surface area contributed by atoms with Crippen molar-refractivity contribution in [3.05, 3.63) is 150 Å². The van der Waals surface area contributed by atoms with Crippen LogP contribution >= 0.6 is 22.7 Å². The maximum atomic E-state index is 13.9. The van der Waals surface area contributed by atoms with Crippen LogP contribution < -0.4 is 9.47 Å². The summed E-state index contributed by atoms with van der Waals surface area (Å²) in [5.74, 6) is 0.919. The van der Waals surface area contributed by atoms with E-state index < -0.39 is 11.2 Å². The zero-order valence-electron chi connectivity index (χ0n) is 33.1. The number of fused-ring (bicyclic) bond motifs is 10. The SMILES string of the molecule is [C-]#[N+]/C(C#N)=C1\C(=C\c2nc3c(s2)-c2cc4c(cc2OC32CCCCC2)-c2sc(/C=C3\C(=O)c5ccccc5\C3=C(\C#N)[N+]#[C-])nc2C2(CCCCC2)O4)C(=O)c2ccccc21. The van der Waals surface area contributed by atoms with Gasteiger partial charge in [-0.3, -0.25) is 9.59 Å². The van der Waals surface area contributed by atoms with Crippen molar-refractivity contribution >= 4 is 57.5 Å². The molecule has 4 heterocycles. The highest BCUT2D eigenvalue weighted by molar-refractivity contribution is 7.16. The van der Waals surface area contributed by atoms with E-state index in [1.54, 1.807) is 60.7 Å². The fourth-order valence-electron chi connectivity index (χ4n) is 10.2. The van der Waals surface area contributed by atoms with E-state index >= 15 is 0 Å². The van der Waals surface area contributed by atoms with Crippen LogP contribution in [-0.2, 0) is 11.2 Å². The summed E-state index contributed by atoms with van der Waals surface area (Å²) >= 11 is 2.95. The van der Waals surface area contributed by atoms with Gasteiger partial charge in [-0.1, -0.05) is 61.4 Å². The van der Waals surface area contributed by atoms with Gasteiger partial charge in [0.15, 0.2) is 22.8 Å². The van der Waals surface area contributed by atoms with E-state index in [0.717, 1.165) is 96.5 Å². The molecule has 0 unspecified atom stereocenters. The first-order chi connectivity index (χ1) is 30.3. The average molecular weight is 845 g/mol. The van der Waals surface area contributed by atoms with Gasteiger partial charge in [-0.25, -0.2) is 30.2 Å². The Bertz CT molecular complexity index is 2950. The van der Waals surface area contributed by atoms with Crippen molar-refractivity contribution in [2.24, 2.45) is 0 Å². The molecule has 10 nitrogen and oxygen atoms in total. The Hall–Kier alpha value is -7.22. The van der Waals surface area contributed by atoms with E-state index in [0.29, 0.717) is 54.9 Å². The molecule has 4 aliphatic carbocycles. The first kappa shape index (κ1) is 37.8. The number of rotatable bonds is 2. The van der Waals surface area contributed by atoms with Crippen molar-refractivity contribution in [2.75, 3.05) is 0 Å². The Kier molecular flexibility index (Phi) is 8.64. The Morgan fingerprint density at radius 2 is 1.00 bits per heavy atom. The molecule has 0 N–H and O–H groups in total. The lowest BCUT2D eigenvalue weighted by Crippen LogP contribution is -2.39. The monoisotopic (exact) mass is 844 g/mol. The lowest BCUT2D eigenvalue weighted by atomic mass is 9.78. The second-order valence-corrected chi connectivity index (χ2v) is 18.4. The lowest BCUT2D eigenvalue weighted by molar-refractivity contribution is 0.0163. The van der Waals surface area contributed by atoms with Crippen molar-refractivity contribution in [1.82, 2.24) is 9.97 Å². The van der Waals surface area contributed by atoms with E-state index in [1.165, 1.54) is 22.7 Å². The van der Waals surface area contributed by atoms with Crippen LogP contribution in [0, 0.1) is 35.8 Å². The Morgan fingerprint density at radius 3 is 1.37 bits per heavy atom. The van der Waals surface area contributed by atoms with Crippen molar-refractivity contribution in [1.29, 1.82) is 10.5 Å². The van der Waals surface area contributed by atoms with Gasteiger partial charge in [0.05, 0.1) is 35.0 Å². The third-order valence-electron chi connectivity index (χ3n) is 13.0. The van der Waals surface area contributed by atoms with Gasteiger partial charge in [0.1, 0.15) is 32.9 Å². The first-order valence-corrected chi connectivity index (χ1v) is 22.3. The van der Waals surface area contributed by atoms with Crippen LogP contribution in [0.25, 0.3) is 53.9 Å². The number of aromatic nitrogens is 2. The summed E-state index contributed by atoms with van der Waals surface area (Å²) in [4.78, 5) is 47.1. The van der Waals surface area contributed by atoms with Crippen LogP contribution in [0.1, 0.15) is 117 Å². The number of nitriles is 2. The Balaban J connectivity index is 1.07. The zero-order chi connectivity index (χ0) is 42.3. The molecule has 2 aromatic heterocycles. The third kappa shape index (κ3) is 5.47. The number of thiazole rings is 2. The highest BCUT2D eigenvalue weighted by Crippen LogP contribution is 2.60. The van der Waals surface area contributed by atoms with Gasteiger partial charge in [-0.15, -0.1) is 22.7 Å². The second-order valence-electron chi connectivity index (χ2n) is 16.4. The minimum Gasteiger partial charge on any atom is -0.480 e. The number of benzene rings is 3. The molecule has 11 rings (SSSR count). The summed E-state index contributed by atoms with van der Waals surface area (Å²) in [5.41, 5.74) is 5.00. The molecular formula is C50H32N6O4S2. The normalized spacial score (nSPS) is 21.2. The molecule has 0 bridgehead atoms. The van der Waals surface area contributed by atoms with E-state index in [-0.39, 0.29) is 34.1 Å². The van der Waals surface area contributed by atoms with Gasteiger partial charge in [0.25, 0.3) is 11.4 Å². The van der Waals surface area contributed by atoms with Gasteiger partial charge in [0.2, 0.25) is 0 Å². The largest absolute Gasteiger partial charge is 0.480 e. The molecule has 0 radical (unpaired) electrons. The van der Waals surface area contributed by atoms with Crippen LogP contribution in [0.15, 0.2) is 83.2 Å². The molecule has 2 aliphatic heterocycles. The molecule has 3 aromatic carbocycles. The molecule has 2 saturated carbocycles. The number of ether oxygens (including phenoxy) is 2. The predicted molar refractivity (Wildman–Crippen MR) is 235 cm³/mol. The number of ketones is 2. The number of nitrogens with zero attached hydrogens (tertiary/aromatic N) is 6. The minimum atomic E-state index is -0.689. The highest BCUT2D eigenvalue weighted by atomic mass is 32.1. The lowest BCUT2D eigenvalue weighted by Gasteiger charge is -2.43. The summed E-state index contributed by atoms with van der Waals surface area (Å²) in [6.07, 6.45) is 12.6. The van der Waals surface area contributed by atoms with Crippen LogP contribution in [0.4, 0.5) is 0 Å². The average Bonchev–Trinajstić information content (AvgIpc) is 4.07. The molecule has 0 atom stereocenters. The minimum absolute atomic E-state index is 0.136. The summed E-state index contributed by atoms with van der Waals surface area (Å²) in [7, 11) is 0. The zero-order valence-corrected chi connectivity index (χ0v) is 34.8. The van der Waals surface area contributed by atoms with E-state index in [4.69, 9.17) is 32.6 Å². The number of hydrogen-bond donors (Lipinski definition) is 0. The molecule has 0 amide bonds. The standard InChI is InChI=1S/C50H32N6O4S2/c1-53-35(25-51)41-27-13-5-7-15-29(27)43(57)33(41)23-39-55-47-45(61-39)31-21-38-32(22-37(31)59-49(47)17-9-3-10-18-49)46-48(50(60-38)19-11-4-12-20-50)56-40(62-46)24-34-42(36(26-52)54-2)28-14-6-8-16-30(28)44(34)58/h5-8,13-16,21-24H,3-4,9-12,17-20H2/b33-23-,34-24-,41-35-,42-36+. The van der Waals surface area contributed by atoms with E-state index in [9.17, 15) is 20.1 Å². The number of hydrogen-bond acceptors (Lipinski definition) is 10. The first-order valence-electron chi connectivity index (χ1n) is 20.7. The summed E-state index contributed by atoms with van der Waals surface area (Å²) in [5, 5.41) is 21.1. The summed E-state index contributed by atoms with van der Waals surface area (Å²) in [6.45, 7) is 15.5. The quantitative estimate of drug-likeness (QED) is 0.0974. The Morgan fingerprint density at radius 1 is 0.613 bits per heavy atom. The maximum Gasteiger partial charge on any atom is 0.270 e. The predicted octanol–water partition coefficient (Wildman–Crippen LogP) is 11.9. The molecule has 0 saturated heterocycles. The van der Waals surface area contributed by atoms with Gasteiger partial charge >= 0.3 is 0 Å². The molecule has 6 aliphatic rings. The molecule has 12 heteroatoms. The van der Waals surface area contributed by atoms with Crippen LogP contribution in [0.2, 0.25) is 0 Å². The number of carbonyl (C=O) groups is 2. The maximum absolute atomic E-state index is 13.9. The van der Waals surface area contributed by atoms with Crippen molar-refractivity contribution in [3.8, 4) is 44.5 Å². The molecule has 62 heavy (non-hydrogen) atoms. The summed E-state index contributed by atoms with van der Waals surface area (Å²) < 4.78 is 14.3. The topological polar surface area (TPSA) is 135 Å². The number of carbonyl (C=O) groups excluding carboxylic acids is 2. The van der Waals surface area contributed by atoms with E-state index in [1.807, 2.05) is 12.1 Å². The fraction of sp³-hybridized carbons (Fsp3) is 0.240. The van der Waals surface area contributed by atoms with Gasteiger partial charge in [-0.2, -0.15) is 0 Å². The van der Waals surface area contributed by atoms with Crippen LogP contribution in [-0.4, -0.2) is 21.5 Å². The van der Waals surface area contributed by atoms with Crippen molar-refractivity contribution in [3.63, 3.8) is 0 Å². The smallest absolute Gasteiger partial charge is 0.270 e. The molecule has 5 aromatic rings. The Labute approximate surface area is 365 Å². The molecule has 2 spiro atoms. The molecule has 2 fully saturated rings. The van der Waals surface area contributed by atoms with Gasteiger partial charge in [-0.05, 0) is 86.8 Å². The number of allylic oxidation sites excluding steroid dienone is 6. The van der Waals surface area contributed by atoms with Crippen molar-refractivity contribution in [2.45, 2.75) is 75.4 Å². The fourth-order valence-corrected chi connectivity index (χ4v) is 12.5. The van der Waals surface area contributed by atoms with E-state index in [2.05, 4.69) is 21.8 Å².